The van der Waals surface area contributed by atoms with Crippen LogP contribution in [0.3, 0.4) is 0 Å². The Morgan fingerprint density at radius 3 is 2.81 bits per heavy atom. The number of nitrogens with zero attached hydrogens (tertiary/aromatic N) is 1. The van der Waals surface area contributed by atoms with Crippen molar-refractivity contribution in [3.8, 4) is 5.75 Å². The summed E-state index contributed by atoms with van der Waals surface area (Å²) in [6, 6.07) is 4.41. The maximum absolute atomic E-state index is 13.4. The van der Waals surface area contributed by atoms with Gasteiger partial charge in [0.2, 0.25) is 5.91 Å². The molecule has 0 aromatic heterocycles. The van der Waals surface area contributed by atoms with Crippen LogP contribution in [0, 0.1) is 5.82 Å². The lowest BCUT2D eigenvalue weighted by atomic mass is 10.2. The molecule has 0 saturated heterocycles. The van der Waals surface area contributed by atoms with E-state index in [0.717, 1.165) is 0 Å². The van der Waals surface area contributed by atoms with Crippen LogP contribution in [-0.4, -0.2) is 30.8 Å². The fourth-order valence-corrected chi connectivity index (χ4v) is 1.45. The van der Waals surface area contributed by atoms with Crippen LogP contribution in [0.4, 0.5) is 4.39 Å². The number of rotatable bonds is 4. The monoisotopic (exact) mass is 245 g/mol. The Hall–Kier alpha value is -1.29. The van der Waals surface area contributed by atoms with Crippen LogP contribution in [0.5, 0.6) is 5.75 Å². The van der Waals surface area contributed by atoms with E-state index in [-0.39, 0.29) is 24.1 Å². The van der Waals surface area contributed by atoms with Gasteiger partial charge in [0.1, 0.15) is 17.4 Å². The summed E-state index contributed by atoms with van der Waals surface area (Å²) in [6.45, 7) is 0.175. The van der Waals surface area contributed by atoms with Gasteiger partial charge in [0, 0.05) is 19.2 Å². The summed E-state index contributed by atoms with van der Waals surface area (Å²) in [4.78, 5) is 12.6. The SMILES string of the molecule is COc1ccc(F)c(CN(C)C(=O)CCl)c1. The van der Waals surface area contributed by atoms with Crippen molar-refractivity contribution >= 4 is 17.5 Å². The predicted molar refractivity (Wildman–Crippen MR) is 60.1 cm³/mol. The molecule has 0 unspecified atom stereocenters. The number of ether oxygens (including phenoxy) is 1. The maximum atomic E-state index is 13.4. The third-order valence-corrected chi connectivity index (χ3v) is 2.43. The van der Waals surface area contributed by atoms with E-state index >= 15 is 0 Å². The topological polar surface area (TPSA) is 29.5 Å². The zero-order chi connectivity index (χ0) is 12.1. The van der Waals surface area contributed by atoms with Gasteiger partial charge in [-0.2, -0.15) is 0 Å². The number of halogens is 2. The van der Waals surface area contributed by atoms with Crippen molar-refractivity contribution in [1.29, 1.82) is 0 Å². The highest BCUT2D eigenvalue weighted by Crippen LogP contribution is 2.17. The van der Waals surface area contributed by atoms with Crippen molar-refractivity contribution in [3.63, 3.8) is 0 Å². The smallest absolute Gasteiger partial charge is 0.237 e. The van der Waals surface area contributed by atoms with Crippen molar-refractivity contribution in [2.45, 2.75) is 6.54 Å². The average Bonchev–Trinajstić information content (AvgIpc) is 2.30. The van der Waals surface area contributed by atoms with Gasteiger partial charge in [0.05, 0.1) is 7.11 Å². The minimum atomic E-state index is -0.366. The fraction of sp³-hybridized carbons (Fsp3) is 0.364. The predicted octanol–water partition coefficient (Wildman–Crippen LogP) is 2.03. The molecule has 3 nitrogen and oxygen atoms in total. The molecule has 0 saturated carbocycles. The van der Waals surface area contributed by atoms with E-state index in [1.54, 1.807) is 13.1 Å². The maximum Gasteiger partial charge on any atom is 0.237 e. The molecule has 1 aromatic rings. The van der Waals surface area contributed by atoms with Crippen LogP contribution in [-0.2, 0) is 11.3 Å². The molecule has 16 heavy (non-hydrogen) atoms. The molecule has 0 aliphatic rings. The summed E-state index contributed by atoms with van der Waals surface area (Å²) >= 11 is 5.40. The lowest BCUT2D eigenvalue weighted by Crippen LogP contribution is -2.27. The summed E-state index contributed by atoms with van der Waals surface area (Å²) < 4.78 is 18.4. The molecule has 1 rings (SSSR count). The van der Waals surface area contributed by atoms with Crippen LogP contribution in [0.15, 0.2) is 18.2 Å². The zero-order valence-electron chi connectivity index (χ0n) is 9.17. The van der Waals surface area contributed by atoms with Crippen LogP contribution in [0.1, 0.15) is 5.56 Å². The van der Waals surface area contributed by atoms with E-state index < -0.39 is 0 Å². The molecule has 0 aliphatic carbocycles. The van der Waals surface area contributed by atoms with Gasteiger partial charge in [-0.1, -0.05) is 0 Å². The second-order valence-corrected chi connectivity index (χ2v) is 3.61. The largest absolute Gasteiger partial charge is 0.497 e. The molecule has 0 fully saturated rings. The number of hydrogen-bond donors (Lipinski definition) is 0. The molecule has 0 atom stereocenters. The van der Waals surface area contributed by atoms with Crippen molar-refractivity contribution < 1.29 is 13.9 Å². The van der Waals surface area contributed by atoms with Gasteiger partial charge in [-0.15, -0.1) is 11.6 Å². The van der Waals surface area contributed by atoms with Gasteiger partial charge in [-0.25, -0.2) is 4.39 Å². The summed E-state index contributed by atoms with van der Waals surface area (Å²) in [7, 11) is 3.08. The Labute approximate surface area is 98.8 Å². The highest BCUT2D eigenvalue weighted by molar-refractivity contribution is 6.27. The number of hydrogen-bond acceptors (Lipinski definition) is 2. The first-order chi connectivity index (χ1) is 7.58. The van der Waals surface area contributed by atoms with E-state index in [4.69, 9.17) is 16.3 Å². The summed E-state index contributed by atoms with van der Waals surface area (Å²) in [6.07, 6.45) is 0. The van der Waals surface area contributed by atoms with Crippen molar-refractivity contribution in [3.05, 3.63) is 29.6 Å². The normalized spacial score (nSPS) is 10.0. The van der Waals surface area contributed by atoms with E-state index in [9.17, 15) is 9.18 Å². The molecule has 1 amide bonds. The minimum Gasteiger partial charge on any atom is -0.497 e. The number of carbonyl (C=O) groups excluding carboxylic acids is 1. The second kappa shape index (κ2) is 5.70. The summed E-state index contributed by atoms with van der Waals surface area (Å²) in [5, 5.41) is 0. The lowest BCUT2D eigenvalue weighted by molar-refractivity contribution is -0.127. The second-order valence-electron chi connectivity index (χ2n) is 3.34. The quantitative estimate of drug-likeness (QED) is 0.760. The van der Waals surface area contributed by atoms with E-state index in [1.165, 1.54) is 24.1 Å². The van der Waals surface area contributed by atoms with Gasteiger partial charge < -0.3 is 9.64 Å². The fourth-order valence-electron chi connectivity index (χ4n) is 1.24. The van der Waals surface area contributed by atoms with E-state index in [0.29, 0.717) is 11.3 Å². The molecule has 1 aromatic carbocycles. The third-order valence-electron chi connectivity index (χ3n) is 2.20. The summed E-state index contributed by atoms with van der Waals surface area (Å²) in [5.74, 6) is -0.163. The lowest BCUT2D eigenvalue weighted by Gasteiger charge is -2.16. The number of carbonyl (C=O) groups is 1. The van der Waals surface area contributed by atoms with Gasteiger partial charge in [-0.05, 0) is 18.2 Å². The number of benzene rings is 1. The third kappa shape index (κ3) is 3.10. The van der Waals surface area contributed by atoms with Gasteiger partial charge in [0.15, 0.2) is 0 Å². The standard InChI is InChI=1S/C11H13ClFNO2/c1-14(11(15)6-12)7-8-5-9(16-2)3-4-10(8)13/h3-5H,6-7H2,1-2H3. The molecular weight excluding hydrogens is 233 g/mol. The molecule has 0 aliphatic heterocycles. The highest BCUT2D eigenvalue weighted by atomic mass is 35.5. The number of methoxy groups -OCH3 is 1. The minimum absolute atomic E-state index is 0.109. The molecular formula is C11H13ClFNO2. The van der Waals surface area contributed by atoms with Gasteiger partial charge in [0.25, 0.3) is 0 Å². The Morgan fingerprint density at radius 1 is 1.56 bits per heavy atom. The average molecular weight is 246 g/mol. The molecule has 88 valence electrons. The first kappa shape index (κ1) is 12.8. The molecule has 0 N–H and O–H groups in total. The Kier molecular flexibility index (Phi) is 4.55. The number of amides is 1. The van der Waals surface area contributed by atoms with Crippen molar-refractivity contribution in [2.75, 3.05) is 20.0 Å². The first-order valence-electron chi connectivity index (χ1n) is 4.70. The van der Waals surface area contributed by atoms with Crippen molar-refractivity contribution in [1.82, 2.24) is 4.90 Å². The van der Waals surface area contributed by atoms with Crippen molar-refractivity contribution in [2.24, 2.45) is 0 Å². The zero-order valence-corrected chi connectivity index (χ0v) is 9.92. The van der Waals surface area contributed by atoms with Gasteiger partial charge >= 0.3 is 0 Å². The molecule has 5 heteroatoms. The molecule has 0 heterocycles. The summed E-state index contributed by atoms with van der Waals surface area (Å²) in [5.41, 5.74) is 0.403. The molecule has 0 radical (unpaired) electrons. The Bertz CT molecular complexity index is 384. The molecule has 0 bridgehead atoms. The van der Waals surface area contributed by atoms with Gasteiger partial charge in [-0.3, -0.25) is 4.79 Å². The van der Waals surface area contributed by atoms with E-state index in [1.807, 2.05) is 0 Å². The molecule has 0 spiro atoms. The van der Waals surface area contributed by atoms with Crippen LogP contribution < -0.4 is 4.74 Å². The first-order valence-corrected chi connectivity index (χ1v) is 5.24. The van der Waals surface area contributed by atoms with Crippen LogP contribution >= 0.6 is 11.6 Å². The number of alkyl halides is 1. The van der Waals surface area contributed by atoms with E-state index in [2.05, 4.69) is 0 Å². The Morgan fingerprint density at radius 2 is 2.25 bits per heavy atom. The highest BCUT2D eigenvalue weighted by Gasteiger charge is 2.11. The van der Waals surface area contributed by atoms with Crippen LogP contribution in [0.25, 0.3) is 0 Å². The van der Waals surface area contributed by atoms with Crippen LogP contribution in [0.2, 0.25) is 0 Å². The Balaban J connectivity index is 2.83.